The molecule has 0 amide bonds. The van der Waals surface area contributed by atoms with E-state index in [1.54, 1.807) is 86.3 Å². The van der Waals surface area contributed by atoms with E-state index in [2.05, 4.69) is 178 Å². The number of halogens is 11. The van der Waals surface area contributed by atoms with Gasteiger partial charge in [0.2, 0.25) is 5.75 Å². The Balaban J connectivity index is 0.000000504. The molecule has 22 heteroatoms. The van der Waals surface area contributed by atoms with Gasteiger partial charge in [-0.25, -0.2) is 8.78 Å². The van der Waals surface area contributed by atoms with E-state index in [1.807, 2.05) is 134 Å². The first-order chi connectivity index (χ1) is 61.3. The van der Waals surface area contributed by atoms with Crippen molar-refractivity contribution < 1.29 is 78.1 Å². The summed E-state index contributed by atoms with van der Waals surface area (Å²) in [5, 5.41) is 2.76. The molecule has 736 valence electrons. The Hall–Kier alpha value is -9.20. The van der Waals surface area contributed by atoms with Crippen molar-refractivity contribution in [1.29, 1.82) is 0 Å². The third-order valence-corrected chi connectivity index (χ3v) is 21.9. The summed E-state index contributed by atoms with van der Waals surface area (Å²) in [5.74, 6) is 5.91. The van der Waals surface area contributed by atoms with Crippen LogP contribution in [0.25, 0.3) is 0 Å². The van der Waals surface area contributed by atoms with Gasteiger partial charge in [0.15, 0.2) is 34.5 Å². The maximum Gasteiger partial charge on any atom is 0.416 e. The first-order valence-electron chi connectivity index (χ1n) is 44.4. The molecule has 2 fully saturated rings. The molecule has 8 aromatic carbocycles. The Morgan fingerprint density at radius 1 is 0.421 bits per heavy atom. The average molecular weight is 1930 g/mol. The van der Waals surface area contributed by atoms with Crippen LogP contribution in [0.3, 0.4) is 0 Å². The third kappa shape index (κ3) is 44.9. The molecule has 0 N–H and O–H groups in total. The van der Waals surface area contributed by atoms with Crippen molar-refractivity contribution in [3.8, 4) is 57.5 Å². The second kappa shape index (κ2) is 54.5. The Morgan fingerprint density at radius 2 is 0.872 bits per heavy atom. The van der Waals surface area contributed by atoms with Crippen molar-refractivity contribution >= 4 is 46.4 Å². The van der Waals surface area contributed by atoms with Crippen molar-refractivity contribution in [1.82, 2.24) is 4.98 Å². The molecule has 0 bridgehead atoms. The molecule has 2 aliphatic rings. The Labute approximate surface area is 813 Å². The standard InChI is InChI=1S/C16H24O2.C14H18F2O2.2C13H20O3.C11H13F3.C10H15Cl.C10H12F2.C9H13N.C8H9Cl.C7H6Cl2/c1-16(2,3)12-9-10-14(17-4)15(11-12)18-13-7-5-6-8-13;1-14(2,3)9-4-7-11(18-13(15)16)12(8-9)17-10-5-6-10;1-13(2,3)12-10(15-5)7-9(14-4)8-11(12)16-6;1-13(2,3)9-7-10(14-4)12(16-6)11(8-9)15-5;1-10(2,3)8-4-6-9(7-5-8)11(12,13)14;1-5-9(11)7-6-8-10(2,3)4;1-10(2,3)8-6-7(11)4-5-9(8)12;1-9(2,3)8-5-4-6-10-7-8;1-6-4-3-5-8(9)7(6)2;1-5-2-3-6(8)7(9)4-5/h9-11,13H,5-8H2,1-4H3;4,7-8,10,13H,5-6H2,1-3H3;2*7-8H,1-6H3;4-7H,1-3H3;5-8H,1H2,2-4H3;4-6H,1-3H3;4-7H,1-3H3;3-5H,1-2H3;2-4H,1H3/b;;;;;8-6+,9-7+;;;;. The highest BCUT2D eigenvalue weighted by atomic mass is 35.5. The zero-order valence-electron chi connectivity index (χ0n) is 85.3. The van der Waals surface area contributed by atoms with Crippen molar-refractivity contribution in [2.75, 3.05) is 49.8 Å². The predicted molar refractivity (Wildman–Crippen MR) is 543 cm³/mol. The van der Waals surface area contributed by atoms with Crippen molar-refractivity contribution in [3.05, 3.63) is 288 Å². The van der Waals surface area contributed by atoms with Gasteiger partial charge >= 0.3 is 12.8 Å². The summed E-state index contributed by atoms with van der Waals surface area (Å²) in [5.41, 5.74) is 10.2. The van der Waals surface area contributed by atoms with Gasteiger partial charge in [-0.15, -0.1) is 0 Å². The fourth-order valence-corrected chi connectivity index (χ4v) is 12.8. The normalized spacial score (nSPS) is 12.9. The Bertz CT molecular complexity index is 4940. The summed E-state index contributed by atoms with van der Waals surface area (Å²) in [6.07, 6.45) is 14.4. The van der Waals surface area contributed by atoms with Crippen LogP contribution in [-0.4, -0.2) is 73.6 Å². The lowest BCUT2D eigenvalue weighted by molar-refractivity contribution is -0.137. The number of pyridine rings is 1. The third-order valence-electron chi connectivity index (χ3n) is 20.5. The van der Waals surface area contributed by atoms with Crippen LogP contribution in [-0.2, 0) is 44.1 Å². The van der Waals surface area contributed by atoms with E-state index in [1.165, 1.54) is 66.1 Å². The van der Waals surface area contributed by atoms with Crippen LogP contribution >= 0.6 is 46.4 Å². The van der Waals surface area contributed by atoms with Crippen LogP contribution in [0, 0.1) is 37.8 Å². The van der Waals surface area contributed by atoms with Gasteiger partial charge in [-0.3, -0.25) is 4.98 Å². The molecule has 0 spiro atoms. The number of benzene rings is 8. The van der Waals surface area contributed by atoms with Crippen molar-refractivity contribution in [2.45, 2.75) is 288 Å². The summed E-state index contributed by atoms with van der Waals surface area (Å²) in [7, 11) is 11.5. The van der Waals surface area contributed by atoms with Crippen molar-refractivity contribution in [3.63, 3.8) is 0 Å². The summed E-state index contributed by atoms with van der Waals surface area (Å²) < 4.78 is 141. The summed E-state index contributed by atoms with van der Waals surface area (Å²) in [6.45, 7) is 56.9. The molecule has 11 nitrogen and oxygen atoms in total. The molecule has 0 aliphatic heterocycles. The minimum absolute atomic E-state index is 0.0387. The fraction of sp³-hybridized carbons (Fsp3) is 0.468. The number of allylic oxidation sites excluding steroid dienone is 5. The van der Waals surface area contributed by atoms with Crippen LogP contribution in [0.1, 0.15) is 266 Å². The van der Waals surface area contributed by atoms with Gasteiger partial charge in [0.05, 0.1) is 77.6 Å². The van der Waals surface area contributed by atoms with Gasteiger partial charge in [-0.2, -0.15) is 22.0 Å². The van der Waals surface area contributed by atoms with Gasteiger partial charge in [-0.1, -0.05) is 286 Å². The molecule has 1 heterocycles. The van der Waals surface area contributed by atoms with Gasteiger partial charge in [0, 0.05) is 40.1 Å². The first kappa shape index (κ1) is 120. The molecular weight excluding hydrogens is 1780 g/mol. The van der Waals surface area contributed by atoms with E-state index in [4.69, 9.17) is 89.0 Å². The van der Waals surface area contributed by atoms with Crippen LogP contribution in [0.15, 0.2) is 200 Å². The largest absolute Gasteiger partial charge is 0.496 e. The number of ether oxygens (including phenoxy) is 10. The number of rotatable bonds is 15. The smallest absolute Gasteiger partial charge is 0.416 e. The second-order valence-corrected chi connectivity index (χ2v) is 42.0. The fourth-order valence-electron chi connectivity index (χ4n) is 12.2. The van der Waals surface area contributed by atoms with Crippen LogP contribution in [0.5, 0.6) is 57.5 Å². The quantitative estimate of drug-likeness (QED) is 0.0724. The second-order valence-electron chi connectivity index (χ2n) is 40.3. The van der Waals surface area contributed by atoms with Crippen molar-refractivity contribution in [2.24, 2.45) is 5.41 Å². The highest BCUT2D eigenvalue weighted by Crippen LogP contribution is 2.45. The molecule has 0 saturated heterocycles. The monoisotopic (exact) mass is 1930 g/mol. The summed E-state index contributed by atoms with van der Waals surface area (Å²) in [4.78, 5) is 4.05. The number of hydrogen-bond donors (Lipinski definition) is 0. The zero-order chi connectivity index (χ0) is 102. The predicted octanol–water partition coefficient (Wildman–Crippen LogP) is 34.3. The lowest BCUT2D eigenvalue weighted by Crippen LogP contribution is -2.14. The summed E-state index contributed by atoms with van der Waals surface area (Å²) >= 11 is 22.8. The molecule has 0 atom stereocenters. The molecule has 2 aliphatic carbocycles. The molecule has 11 rings (SSSR count). The van der Waals surface area contributed by atoms with E-state index in [9.17, 15) is 30.7 Å². The van der Waals surface area contributed by atoms with Crippen LogP contribution in [0.4, 0.5) is 30.7 Å². The Morgan fingerprint density at radius 3 is 1.23 bits per heavy atom. The molecule has 1 aromatic heterocycles. The van der Waals surface area contributed by atoms with Gasteiger partial charge in [-0.05, 0) is 250 Å². The topological polar surface area (TPSA) is 105 Å². The number of aromatic nitrogens is 1. The zero-order valence-corrected chi connectivity index (χ0v) is 88.3. The van der Waals surface area contributed by atoms with Crippen LogP contribution < -0.4 is 47.4 Å². The lowest BCUT2D eigenvalue weighted by atomic mass is 9.85. The average Bonchev–Trinajstić information content (AvgIpc) is 1.49. The van der Waals surface area contributed by atoms with E-state index in [0.29, 0.717) is 49.7 Å². The lowest BCUT2D eigenvalue weighted by Gasteiger charge is -2.25. The maximum absolute atomic E-state index is 13.1. The Kier molecular flexibility index (Phi) is 49.1. The number of nitrogens with zero attached hydrogens (tertiary/aromatic N) is 1. The highest BCUT2D eigenvalue weighted by Gasteiger charge is 2.32. The number of alkyl halides is 5. The van der Waals surface area contributed by atoms with Gasteiger partial charge < -0.3 is 47.4 Å². The number of methoxy groups -OCH3 is 7. The maximum atomic E-state index is 13.1. The minimum Gasteiger partial charge on any atom is -0.496 e. The summed E-state index contributed by atoms with van der Waals surface area (Å²) in [6, 6.07) is 43.6. The van der Waals surface area contributed by atoms with E-state index >= 15 is 0 Å². The number of aryl methyl sites for hydroxylation is 2. The van der Waals surface area contributed by atoms with Gasteiger partial charge in [0.25, 0.3) is 0 Å². The molecule has 133 heavy (non-hydrogen) atoms. The molecule has 0 unspecified atom stereocenters. The van der Waals surface area contributed by atoms with E-state index in [0.717, 1.165) is 98.7 Å². The molecule has 9 aromatic rings. The van der Waals surface area contributed by atoms with Crippen LogP contribution in [0.2, 0.25) is 15.1 Å². The highest BCUT2D eigenvalue weighted by molar-refractivity contribution is 6.42. The number of hydrogen-bond acceptors (Lipinski definition) is 11. The molecule has 0 radical (unpaired) electrons. The van der Waals surface area contributed by atoms with E-state index < -0.39 is 18.4 Å². The van der Waals surface area contributed by atoms with E-state index in [-0.39, 0.29) is 66.8 Å². The molecular formula is C111H150Cl4F7NO10. The molecule has 2 saturated carbocycles. The first-order valence-corrected chi connectivity index (χ1v) is 45.9. The minimum atomic E-state index is -4.24. The SMILES string of the molecule is C=C/C(Cl)=C\C=C\C(C)(C)C.CC(C)(C)c1cc(F)ccc1F.CC(C)(C)c1ccc(C(F)(F)F)cc1.CC(C)(C)c1ccc(OC(F)F)c(OC2CC2)c1.CC(C)(C)c1cccnc1.COc1cc(C(C)(C)C)cc(OC)c1OC.COc1cc(OC)c(C(C)(C)C)c(OC)c1.COc1ccc(C(C)(C)C)cc1OC1CCCC1.Cc1ccc(Cl)c(Cl)c1.Cc1cccc(Cl)c1C. The van der Waals surface area contributed by atoms with Gasteiger partial charge in [0.1, 0.15) is 28.9 Å².